The van der Waals surface area contributed by atoms with E-state index in [-0.39, 0.29) is 0 Å². The highest BCUT2D eigenvalue weighted by molar-refractivity contribution is 5.44. The third kappa shape index (κ3) is 3.08. The van der Waals surface area contributed by atoms with Crippen molar-refractivity contribution in [3.05, 3.63) is 47.7 Å². The number of nitrogens with zero attached hydrogens (tertiary/aromatic N) is 1. The summed E-state index contributed by atoms with van der Waals surface area (Å²) < 4.78 is 16.0. The number of methoxy groups -OCH3 is 1. The predicted octanol–water partition coefficient (Wildman–Crippen LogP) is 2.14. The van der Waals surface area contributed by atoms with Crippen molar-refractivity contribution in [1.29, 1.82) is 0 Å². The van der Waals surface area contributed by atoms with E-state index < -0.39 is 6.10 Å². The largest absolute Gasteiger partial charge is 0.486 e. The van der Waals surface area contributed by atoms with Crippen LogP contribution >= 0.6 is 0 Å². The number of pyridine rings is 1. The van der Waals surface area contributed by atoms with Gasteiger partial charge >= 0.3 is 0 Å². The van der Waals surface area contributed by atoms with E-state index in [2.05, 4.69) is 4.98 Å². The highest BCUT2D eigenvalue weighted by atomic mass is 16.6. The maximum Gasteiger partial charge on any atom is 0.212 e. The molecule has 0 saturated heterocycles. The van der Waals surface area contributed by atoms with E-state index in [1.807, 2.05) is 24.3 Å². The Bertz CT molecular complexity index is 612. The maximum atomic E-state index is 10.3. The number of aliphatic hydroxyl groups is 1. The molecular weight excluding hydrogens is 270 g/mol. The molecular formula is C16H17NO4. The zero-order valence-corrected chi connectivity index (χ0v) is 11.8. The Labute approximate surface area is 123 Å². The van der Waals surface area contributed by atoms with Crippen LogP contribution < -0.4 is 14.2 Å². The van der Waals surface area contributed by atoms with Crippen molar-refractivity contribution in [2.75, 3.05) is 20.3 Å². The van der Waals surface area contributed by atoms with Gasteiger partial charge in [0.15, 0.2) is 11.5 Å². The van der Waals surface area contributed by atoms with Crippen LogP contribution in [0.15, 0.2) is 36.5 Å². The van der Waals surface area contributed by atoms with Crippen LogP contribution in [0, 0.1) is 0 Å². The van der Waals surface area contributed by atoms with Gasteiger partial charge in [-0.2, -0.15) is 0 Å². The van der Waals surface area contributed by atoms with Crippen LogP contribution in [0.5, 0.6) is 17.4 Å². The molecule has 1 aliphatic rings. The Hall–Kier alpha value is -2.27. The lowest BCUT2D eigenvalue weighted by atomic mass is 10.0. The molecule has 0 saturated carbocycles. The summed E-state index contributed by atoms with van der Waals surface area (Å²) in [6.07, 6.45) is 1.58. The van der Waals surface area contributed by atoms with Crippen LogP contribution in [0.3, 0.4) is 0 Å². The molecule has 1 aliphatic heterocycles. The van der Waals surface area contributed by atoms with Gasteiger partial charge in [-0.25, -0.2) is 4.98 Å². The fourth-order valence-corrected chi connectivity index (χ4v) is 2.26. The minimum atomic E-state index is -0.615. The van der Waals surface area contributed by atoms with E-state index >= 15 is 0 Å². The van der Waals surface area contributed by atoms with Crippen molar-refractivity contribution >= 4 is 0 Å². The summed E-state index contributed by atoms with van der Waals surface area (Å²) in [6.45, 7) is 1.10. The summed E-state index contributed by atoms with van der Waals surface area (Å²) in [6, 6.07) is 9.20. The second-order valence-electron chi connectivity index (χ2n) is 4.83. The molecule has 0 amide bonds. The van der Waals surface area contributed by atoms with Crippen molar-refractivity contribution in [3.63, 3.8) is 0 Å². The predicted molar refractivity (Wildman–Crippen MR) is 76.9 cm³/mol. The molecule has 5 nitrogen and oxygen atoms in total. The highest BCUT2D eigenvalue weighted by Crippen LogP contribution is 2.33. The smallest absolute Gasteiger partial charge is 0.212 e. The van der Waals surface area contributed by atoms with Gasteiger partial charge in [-0.15, -0.1) is 0 Å². The van der Waals surface area contributed by atoms with Gasteiger partial charge in [0, 0.05) is 18.7 Å². The molecule has 1 N–H and O–H groups in total. The maximum absolute atomic E-state index is 10.3. The highest BCUT2D eigenvalue weighted by Gasteiger charge is 2.16. The number of ether oxygens (including phenoxy) is 3. The minimum Gasteiger partial charge on any atom is -0.486 e. The van der Waals surface area contributed by atoms with E-state index in [1.165, 1.54) is 0 Å². The van der Waals surface area contributed by atoms with Crippen LogP contribution in [0.25, 0.3) is 0 Å². The van der Waals surface area contributed by atoms with Crippen molar-refractivity contribution in [1.82, 2.24) is 4.98 Å². The van der Waals surface area contributed by atoms with E-state index in [4.69, 9.17) is 14.2 Å². The third-order valence-electron chi connectivity index (χ3n) is 3.39. The van der Waals surface area contributed by atoms with Gasteiger partial charge < -0.3 is 19.3 Å². The first-order chi connectivity index (χ1) is 10.3. The lowest BCUT2D eigenvalue weighted by Crippen LogP contribution is -2.15. The summed E-state index contributed by atoms with van der Waals surface area (Å²) in [5.41, 5.74) is 1.74. The SMILES string of the molecule is COc1ccc(CC(O)c2ccc3c(c2)OCCO3)cn1. The Morgan fingerprint density at radius 3 is 2.71 bits per heavy atom. The standard InChI is InChI=1S/C16H17NO4/c1-19-16-5-2-11(10-17-16)8-13(18)12-3-4-14-15(9-12)21-7-6-20-14/h2-5,9-10,13,18H,6-8H2,1H3. The molecule has 5 heteroatoms. The lowest BCUT2D eigenvalue weighted by molar-refractivity contribution is 0.164. The second kappa shape index (κ2) is 6.01. The summed E-state index contributed by atoms with van der Waals surface area (Å²) in [4.78, 5) is 4.14. The average Bonchev–Trinajstić information content (AvgIpc) is 2.55. The molecule has 0 fully saturated rings. The van der Waals surface area contributed by atoms with Crippen molar-refractivity contribution in [3.8, 4) is 17.4 Å². The van der Waals surface area contributed by atoms with Crippen LogP contribution in [0.2, 0.25) is 0 Å². The fraction of sp³-hybridized carbons (Fsp3) is 0.312. The average molecular weight is 287 g/mol. The van der Waals surface area contributed by atoms with Gasteiger partial charge in [0.25, 0.3) is 0 Å². The Morgan fingerprint density at radius 2 is 2.00 bits per heavy atom. The zero-order chi connectivity index (χ0) is 14.7. The number of aliphatic hydroxyl groups excluding tert-OH is 1. The molecule has 0 aliphatic carbocycles. The number of benzene rings is 1. The van der Waals surface area contributed by atoms with Gasteiger partial charge in [-0.05, 0) is 23.3 Å². The Kier molecular flexibility index (Phi) is 3.92. The summed E-state index contributed by atoms with van der Waals surface area (Å²) in [5.74, 6) is 1.97. The molecule has 1 atom stereocenters. The van der Waals surface area contributed by atoms with Crippen LogP contribution in [-0.4, -0.2) is 30.4 Å². The normalized spacial score (nSPS) is 14.6. The molecule has 1 aromatic heterocycles. The lowest BCUT2D eigenvalue weighted by Gasteiger charge is -2.20. The summed E-state index contributed by atoms with van der Waals surface area (Å²) in [7, 11) is 1.58. The van der Waals surface area contributed by atoms with Crippen LogP contribution in [0.4, 0.5) is 0 Å². The van der Waals surface area contributed by atoms with Gasteiger partial charge in [0.05, 0.1) is 13.2 Å². The number of aromatic nitrogens is 1. The second-order valence-corrected chi connectivity index (χ2v) is 4.83. The van der Waals surface area contributed by atoms with Crippen molar-refractivity contribution in [2.45, 2.75) is 12.5 Å². The van der Waals surface area contributed by atoms with E-state index in [9.17, 15) is 5.11 Å². The van der Waals surface area contributed by atoms with Crippen LogP contribution in [-0.2, 0) is 6.42 Å². The first-order valence-electron chi connectivity index (χ1n) is 6.83. The molecule has 0 radical (unpaired) electrons. The molecule has 110 valence electrons. The van der Waals surface area contributed by atoms with Crippen LogP contribution in [0.1, 0.15) is 17.2 Å². The molecule has 2 aromatic rings. The Morgan fingerprint density at radius 1 is 1.19 bits per heavy atom. The number of fused-ring (bicyclic) bond motifs is 1. The minimum absolute atomic E-state index is 0.483. The first kappa shape index (κ1) is 13.7. The first-order valence-corrected chi connectivity index (χ1v) is 6.83. The van der Waals surface area contributed by atoms with Crippen molar-refractivity contribution in [2.24, 2.45) is 0 Å². The zero-order valence-electron chi connectivity index (χ0n) is 11.8. The molecule has 1 unspecified atom stereocenters. The number of rotatable bonds is 4. The van der Waals surface area contributed by atoms with Gasteiger partial charge in [0.2, 0.25) is 5.88 Å². The quantitative estimate of drug-likeness (QED) is 0.933. The molecule has 1 aromatic carbocycles. The molecule has 21 heavy (non-hydrogen) atoms. The number of hydrogen-bond acceptors (Lipinski definition) is 5. The molecule has 2 heterocycles. The molecule has 3 rings (SSSR count). The molecule has 0 bridgehead atoms. The van der Waals surface area contributed by atoms with Gasteiger partial charge in [0.1, 0.15) is 13.2 Å². The third-order valence-corrected chi connectivity index (χ3v) is 3.39. The number of hydrogen-bond donors (Lipinski definition) is 1. The monoisotopic (exact) mass is 287 g/mol. The summed E-state index contributed by atoms with van der Waals surface area (Å²) in [5, 5.41) is 10.3. The van der Waals surface area contributed by atoms with Gasteiger partial charge in [-0.3, -0.25) is 0 Å². The van der Waals surface area contributed by atoms with E-state index in [0.29, 0.717) is 31.3 Å². The molecule has 0 spiro atoms. The van der Waals surface area contributed by atoms with E-state index in [0.717, 1.165) is 16.9 Å². The Balaban J connectivity index is 1.73. The van der Waals surface area contributed by atoms with Crippen molar-refractivity contribution < 1.29 is 19.3 Å². The fourth-order valence-electron chi connectivity index (χ4n) is 2.26. The summed E-state index contributed by atoms with van der Waals surface area (Å²) >= 11 is 0. The van der Waals surface area contributed by atoms with Gasteiger partial charge in [-0.1, -0.05) is 12.1 Å². The van der Waals surface area contributed by atoms with E-state index in [1.54, 1.807) is 19.4 Å². The topological polar surface area (TPSA) is 60.8 Å².